The number of hydrazone groups is 1. The Morgan fingerprint density at radius 1 is 1.55 bits per heavy atom. The molecule has 2 rings (SSSR count). The maximum atomic E-state index is 12.1. The van der Waals surface area contributed by atoms with E-state index in [4.69, 9.17) is 11.6 Å². The maximum Gasteiger partial charge on any atom is 0.245 e. The summed E-state index contributed by atoms with van der Waals surface area (Å²) in [4.78, 5) is 26.2. The van der Waals surface area contributed by atoms with Gasteiger partial charge in [0.25, 0.3) is 0 Å². The molecule has 2 heterocycles. The monoisotopic (exact) mass is 311 g/mol. The highest BCUT2D eigenvalue weighted by atomic mass is 35.5. The van der Waals surface area contributed by atoms with Crippen LogP contribution in [0.15, 0.2) is 29.5 Å². The molecule has 1 aromatic heterocycles. The van der Waals surface area contributed by atoms with Crippen LogP contribution < -0.4 is 5.43 Å². The summed E-state index contributed by atoms with van der Waals surface area (Å²) in [6.07, 6.45) is 4.36. The predicted molar refractivity (Wildman–Crippen MR) is 80.2 cm³/mol. The van der Waals surface area contributed by atoms with Crippen molar-refractivity contribution in [2.75, 3.05) is 13.1 Å². The third kappa shape index (κ3) is 3.68. The number of carbonyl (C=O) groups excluding carboxylic acids is 2. The van der Waals surface area contributed by atoms with E-state index in [-0.39, 0.29) is 24.2 Å². The zero-order chi connectivity index (χ0) is 14.5. The van der Waals surface area contributed by atoms with Crippen molar-refractivity contribution >= 4 is 41.3 Å². The smallest absolute Gasteiger partial charge is 0.245 e. The van der Waals surface area contributed by atoms with Crippen LogP contribution in [0, 0.1) is 5.92 Å². The largest absolute Gasteiger partial charge is 0.369 e. The van der Waals surface area contributed by atoms with E-state index in [0.717, 1.165) is 0 Å². The van der Waals surface area contributed by atoms with Gasteiger partial charge < -0.3 is 4.90 Å². The second-order valence-electron chi connectivity index (χ2n) is 4.41. The van der Waals surface area contributed by atoms with E-state index in [1.807, 2.05) is 17.2 Å². The molecule has 1 aromatic rings. The minimum Gasteiger partial charge on any atom is -0.369 e. The van der Waals surface area contributed by atoms with Crippen molar-refractivity contribution in [2.45, 2.75) is 6.42 Å². The number of ketones is 1. The fourth-order valence-electron chi connectivity index (χ4n) is 2.00. The Kier molecular flexibility index (Phi) is 4.92. The molecule has 0 aromatic carbocycles. The molecule has 0 radical (unpaired) electrons. The second kappa shape index (κ2) is 6.67. The number of nitrogens with zero attached hydrogens (tertiary/aromatic N) is 2. The molecule has 106 valence electrons. The fourth-order valence-corrected chi connectivity index (χ4v) is 2.97. The highest BCUT2D eigenvalue weighted by Gasteiger charge is 2.23. The van der Waals surface area contributed by atoms with Crippen molar-refractivity contribution in [3.8, 4) is 0 Å². The molecule has 0 aliphatic carbocycles. The van der Waals surface area contributed by atoms with Crippen molar-refractivity contribution in [3.63, 3.8) is 0 Å². The lowest BCUT2D eigenvalue weighted by Gasteiger charge is -2.27. The molecule has 5 nitrogen and oxygen atoms in total. The van der Waals surface area contributed by atoms with E-state index in [1.54, 1.807) is 12.1 Å². The molecule has 1 atom stereocenters. The number of thiophene rings is 1. The van der Waals surface area contributed by atoms with Gasteiger partial charge in [0, 0.05) is 13.3 Å². The van der Waals surface area contributed by atoms with Gasteiger partial charge in [0.2, 0.25) is 5.91 Å². The first-order valence-corrected chi connectivity index (χ1v) is 7.24. The van der Waals surface area contributed by atoms with Crippen LogP contribution in [-0.4, -0.2) is 36.4 Å². The summed E-state index contributed by atoms with van der Waals surface area (Å²) in [5.74, 6) is -0.402. The van der Waals surface area contributed by atoms with Crippen LogP contribution in [0.25, 0.3) is 0 Å². The zero-order valence-electron chi connectivity index (χ0n) is 10.7. The Balaban J connectivity index is 1.95. The van der Waals surface area contributed by atoms with Crippen LogP contribution in [0.5, 0.6) is 0 Å². The molecule has 1 unspecified atom stereocenters. The van der Waals surface area contributed by atoms with Crippen molar-refractivity contribution in [3.05, 3.63) is 33.6 Å². The van der Waals surface area contributed by atoms with Gasteiger partial charge in [0.15, 0.2) is 5.78 Å². The molecule has 0 saturated heterocycles. The number of hydrogen-bond acceptors (Lipinski definition) is 5. The summed E-state index contributed by atoms with van der Waals surface area (Å²) in [7, 11) is 0. The summed E-state index contributed by atoms with van der Waals surface area (Å²) in [5, 5.41) is 3.38. The van der Waals surface area contributed by atoms with Crippen molar-refractivity contribution < 1.29 is 9.59 Å². The first-order chi connectivity index (χ1) is 9.60. The summed E-state index contributed by atoms with van der Waals surface area (Å²) >= 11 is 7.08. The third-order valence-corrected chi connectivity index (χ3v) is 4.22. The van der Waals surface area contributed by atoms with Crippen molar-refractivity contribution in [1.82, 2.24) is 10.3 Å². The lowest BCUT2D eigenvalue weighted by Crippen LogP contribution is -2.39. The number of halogens is 1. The highest BCUT2D eigenvalue weighted by molar-refractivity contribution is 7.18. The number of allylic oxidation sites excluding steroid dienone is 1. The molecule has 20 heavy (non-hydrogen) atoms. The van der Waals surface area contributed by atoms with Crippen LogP contribution in [0.1, 0.15) is 16.1 Å². The lowest BCUT2D eigenvalue weighted by molar-refractivity contribution is -0.125. The van der Waals surface area contributed by atoms with Crippen molar-refractivity contribution in [1.29, 1.82) is 0 Å². The maximum absolute atomic E-state index is 12.1. The Hall–Kier alpha value is -1.66. The van der Waals surface area contributed by atoms with E-state index < -0.39 is 0 Å². The van der Waals surface area contributed by atoms with Crippen LogP contribution in [-0.2, 0) is 4.79 Å². The lowest BCUT2D eigenvalue weighted by atomic mass is 10.0. The highest BCUT2D eigenvalue weighted by Crippen LogP contribution is 2.22. The second-order valence-corrected chi connectivity index (χ2v) is 6.12. The summed E-state index contributed by atoms with van der Waals surface area (Å²) in [6.45, 7) is 3.95. The van der Waals surface area contributed by atoms with Gasteiger partial charge >= 0.3 is 0 Å². The van der Waals surface area contributed by atoms with Gasteiger partial charge in [-0.2, -0.15) is 5.10 Å². The van der Waals surface area contributed by atoms with Crippen molar-refractivity contribution in [2.24, 2.45) is 11.0 Å². The molecule has 1 amide bonds. The number of Topliss-reactive ketones (excluding diaryl/α,β-unsaturated/α-hetero) is 1. The first kappa shape index (κ1) is 14.7. The molecule has 1 N–H and O–H groups in total. The normalized spacial score (nSPS) is 17.9. The van der Waals surface area contributed by atoms with Gasteiger partial charge in [0.05, 0.1) is 21.7 Å². The molecule has 7 heteroatoms. The molecule has 0 bridgehead atoms. The molecule has 0 fully saturated rings. The van der Waals surface area contributed by atoms with Crippen LogP contribution in [0.4, 0.5) is 0 Å². The van der Waals surface area contributed by atoms with E-state index >= 15 is 0 Å². The SMILES string of the molecule is C=NNC(=O)C1CC=CN(CC(=O)c2ccc(Cl)s2)C1. The summed E-state index contributed by atoms with van der Waals surface area (Å²) in [6, 6.07) is 3.42. The minimum absolute atomic E-state index is 0.00514. The topological polar surface area (TPSA) is 61.8 Å². The standard InChI is InChI=1S/C13H14ClN3O2S/c1-15-16-13(19)9-3-2-6-17(7-9)8-10(18)11-4-5-12(14)20-11/h2,4-6,9H,1,3,7-8H2,(H,16,19). The predicted octanol–water partition coefficient (Wildman–Crippen LogP) is 2.15. The quantitative estimate of drug-likeness (QED) is 0.515. The average molecular weight is 312 g/mol. The minimum atomic E-state index is -0.217. The van der Waals surface area contributed by atoms with E-state index in [1.165, 1.54) is 11.3 Å². The third-order valence-electron chi connectivity index (χ3n) is 2.95. The van der Waals surface area contributed by atoms with Crippen LogP contribution in [0.3, 0.4) is 0 Å². The van der Waals surface area contributed by atoms with E-state index in [2.05, 4.69) is 17.2 Å². The Morgan fingerprint density at radius 3 is 3.00 bits per heavy atom. The van der Waals surface area contributed by atoms with Gasteiger partial charge in [-0.05, 0) is 24.8 Å². The zero-order valence-corrected chi connectivity index (χ0v) is 12.3. The number of rotatable bonds is 5. The molecule has 0 spiro atoms. The van der Waals surface area contributed by atoms with Crippen LogP contribution in [0.2, 0.25) is 4.34 Å². The molecular weight excluding hydrogens is 298 g/mol. The molecule has 1 aliphatic rings. The summed E-state index contributed by atoms with van der Waals surface area (Å²) in [5.41, 5.74) is 2.34. The van der Waals surface area contributed by atoms with E-state index in [9.17, 15) is 9.59 Å². The molecular formula is C13H14ClN3O2S. The average Bonchev–Trinajstić information content (AvgIpc) is 2.86. The van der Waals surface area contributed by atoms with Crippen LogP contribution >= 0.6 is 22.9 Å². The number of hydrogen-bond donors (Lipinski definition) is 1. The molecule has 0 saturated carbocycles. The van der Waals surface area contributed by atoms with Gasteiger partial charge in [-0.15, -0.1) is 11.3 Å². The fraction of sp³-hybridized carbons (Fsp3) is 0.308. The molecule has 1 aliphatic heterocycles. The summed E-state index contributed by atoms with van der Waals surface area (Å²) < 4.78 is 0.594. The Labute approximate surface area is 125 Å². The van der Waals surface area contributed by atoms with Gasteiger partial charge in [-0.1, -0.05) is 17.7 Å². The van der Waals surface area contributed by atoms with Gasteiger partial charge in [-0.3, -0.25) is 9.59 Å². The number of nitrogens with one attached hydrogen (secondary N) is 1. The number of amides is 1. The van der Waals surface area contributed by atoms with Gasteiger partial charge in [-0.25, -0.2) is 5.43 Å². The van der Waals surface area contributed by atoms with Gasteiger partial charge in [0.1, 0.15) is 0 Å². The number of carbonyl (C=O) groups is 2. The van der Waals surface area contributed by atoms with E-state index in [0.29, 0.717) is 22.2 Å². The first-order valence-electron chi connectivity index (χ1n) is 6.05. The Bertz CT molecular complexity index is 556. The Morgan fingerprint density at radius 2 is 2.35 bits per heavy atom.